The van der Waals surface area contributed by atoms with Crippen LogP contribution in [0.2, 0.25) is 0 Å². The van der Waals surface area contributed by atoms with Gasteiger partial charge in [-0.2, -0.15) is 0 Å². The van der Waals surface area contributed by atoms with Gasteiger partial charge < -0.3 is 5.32 Å². The first-order valence-corrected chi connectivity index (χ1v) is 4.86. The van der Waals surface area contributed by atoms with E-state index in [9.17, 15) is 0 Å². The van der Waals surface area contributed by atoms with E-state index in [0.29, 0.717) is 0 Å². The van der Waals surface area contributed by atoms with E-state index in [1.165, 1.54) is 25.1 Å². The monoisotopic (exact) mass is 163 g/mol. The minimum atomic E-state index is 0.829. The molecular formula is C11H17N. The Labute approximate surface area is 74.5 Å². The lowest BCUT2D eigenvalue weighted by Gasteiger charge is -2.05. The molecule has 66 valence electrons. The summed E-state index contributed by atoms with van der Waals surface area (Å²) >= 11 is 0. The van der Waals surface area contributed by atoms with Crippen molar-refractivity contribution in [3.8, 4) is 0 Å². The second kappa shape index (κ2) is 3.06. The molecule has 1 heterocycles. The zero-order chi connectivity index (χ0) is 8.55. The molecule has 0 amide bonds. The van der Waals surface area contributed by atoms with Gasteiger partial charge in [-0.25, -0.2) is 0 Å². The van der Waals surface area contributed by atoms with E-state index in [0.717, 1.165) is 11.8 Å². The maximum absolute atomic E-state index is 3.44. The van der Waals surface area contributed by atoms with Gasteiger partial charge in [0, 0.05) is 6.54 Å². The van der Waals surface area contributed by atoms with Crippen LogP contribution in [0.4, 0.5) is 0 Å². The summed E-state index contributed by atoms with van der Waals surface area (Å²) in [5, 5.41) is 3.44. The summed E-state index contributed by atoms with van der Waals surface area (Å²) in [5.41, 5.74) is 3.07. The van der Waals surface area contributed by atoms with Crippen LogP contribution in [-0.2, 0) is 0 Å². The van der Waals surface area contributed by atoms with E-state index < -0.39 is 0 Å². The Kier molecular flexibility index (Phi) is 2.05. The molecule has 2 rings (SSSR count). The third kappa shape index (κ3) is 1.22. The molecule has 0 spiro atoms. The molecule has 1 nitrogen and oxygen atoms in total. The number of fused-ring (bicyclic) bond motifs is 1. The third-order valence-electron chi connectivity index (χ3n) is 3.23. The van der Waals surface area contributed by atoms with Crippen LogP contribution in [0, 0.1) is 11.8 Å². The Hall–Kier alpha value is -0.560. The van der Waals surface area contributed by atoms with E-state index in [-0.39, 0.29) is 0 Å². The standard InChI is InChI=1S/C11H17N/c1-3-8(2)9-4-10-6-12-7-11(10)5-9/h3-4,10-12H,5-7H2,1-2H3. The van der Waals surface area contributed by atoms with Gasteiger partial charge in [-0.15, -0.1) is 0 Å². The van der Waals surface area contributed by atoms with Gasteiger partial charge in [0.15, 0.2) is 0 Å². The normalized spacial score (nSPS) is 35.2. The first kappa shape index (κ1) is 8.06. The van der Waals surface area contributed by atoms with Crippen LogP contribution >= 0.6 is 0 Å². The van der Waals surface area contributed by atoms with Crippen LogP contribution < -0.4 is 5.32 Å². The van der Waals surface area contributed by atoms with Gasteiger partial charge in [0.1, 0.15) is 0 Å². The predicted octanol–water partition coefficient (Wildman–Crippen LogP) is 2.12. The molecular weight excluding hydrogens is 146 g/mol. The van der Waals surface area contributed by atoms with Crippen molar-refractivity contribution in [2.45, 2.75) is 20.3 Å². The molecule has 2 unspecified atom stereocenters. The highest BCUT2D eigenvalue weighted by atomic mass is 14.9. The summed E-state index contributed by atoms with van der Waals surface area (Å²) in [6.45, 7) is 6.77. The fourth-order valence-corrected chi connectivity index (χ4v) is 2.26. The zero-order valence-corrected chi connectivity index (χ0v) is 7.93. The molecule has 0 aromatic heterocycles. The summed E-state index contributed by atoms with van der Waals surface area (Å²) < 4.78 is 0. The quantitative estimate of drug-likeness (QED) is 0.624. The minimum absolute atomic E-state index is 0.829. The topological polar surface area (TPSA) is 12.0 Å². The van der Waals surface area contributed by atoms with Gasteiger partial charge in [-0.05, 0) is 44.2 Å². The SMILES string of the molecule is CC=C(C)C1=CC2CNCC2C1. The molecule has 1 fully saturated rings. The molecule has 0 aromatic rings. The number of hydrogen-bond acceptors (Lipinski definition) is 1. The van der Waals surface area contributed by atoms with E-state index in [4.69, 9.17) is 0 Å². The van der Waals surface area contributed by atoms with Crippen LogP contribution in [0.25, 0.3) is 0 Å². The van der Waals surface area contributed by atoms with Gasteiger partial charge in [0.2, 0.25) is 0 Å². The van der Waals surface area contributed by atoms with Crippen LogP contribution in [0.3, 0.4) is 0 Å². The van der Waals surface area contributed by atoms with Crippen molar-refractivity contribution in [2.75, 3.05) is 13.1 Å². The van der Waals surface area contributed by atoms with Crippen LogP contribution in [-0.4, -0.2) is 13.1 Å². The lowest BCUT2D eigenvalue weighted by atomic mass is 9.99. The predicted molar refractivity (Wildman–Crippen MR) is 52.0 cm³/mol. The Morgan fingerprint density at radius 1 is 1.58 bits per heavy atom. The molecule has 2 aliphatic rings. The second-order valence-electron chi connectivity index (χ2n) is 3.95. The van der Waals surface area contributed by atoms with Crippen molar-refractivity contribution in [3.05, 3.63) is 23.3 Å². The molecule has 1 aliphatic carbocycles. The van der Waals surface area contributed by atoms with Gasteiger partial charge in [0.05, 0.1) is 0 Å². The van der Waals surface area contributed by atoms with Crippen LogP contribution in [0.1, 0.15) is 20.3 Å². The second-order valence-corrected chi connectivity index (χ2v) is 3.95. The largest absolute Gasteiger partial charge is 0.316 e. The highest BCUT2D eigenvalue weighted by molar-refractivity contribution is 5.34. The van der Waals surface area contributed by atoms with E-state index in [1.807, 2.05) is 0 Å². The summed E-state index contributed by atoms with van der Waals surface area (Å²) in [4.78, 5) is 0. The summed E-state index contributed by atoms with van der Waals surface area (Å²) in [6, 6.07) is 0. The summed E-state index contributed by atoms with van der Waals surface area (Å²) in [5.74, 6) is 1.73. The minimum Gasteiger partial charge on any atom is -0.316 e. The molecule has 2 atom stereocenters. The van der Waals surface area contributed by atoms with Gasteiger partial charge >= 0.3 is 0 Å². The molecule has 12 heavy (non-hydrogen) atoms. The van der Waals surface area contributed by atoms with Crippen molar-refractivity contribution in [1.29, 1.82) is 0 Å². The van der Waals surface area contributed by atoms with Gasteiger partial charge in [-0.3, -0.25) is 0 Å². The lowest BCUT2D eigenvalue weighted by Crippen LogP contribution is -2.09. The fraction of sp³-hybridized carbons (Fsp3) is 0.636. The van der Waals surface area contributed by atoms with E-state index >= 15 is 0 Å². The van der Waals surface area contributed by atoms with E-state index in [1.54, 1.807) is 5.57 Å². The van der Waals surface area contributed by atoms with Crippen molar-refractivity contribution >= 4 is 0 Å². The maximum Gasteiger partial charge on any atom is 0.00178 e. The number of rotatable bonds is 1. The number of nitrogens with one attached hydrogen (secondary N) is 1. The molecule has 1 aliphatic heterocycles. The molecule has 0 saturated carbocycles. The Morgan fingerprint density at radius 2 is 2.42 bits per heavy atom. The maximum atomic E-state index is 3.44. The molecule has 0 radical (unpaired) electrons. The molecule has 0 aromatic carbocycles. The number of hydrogen-bond donors (Lipinski definition) is 1. The van der Waals surface area contributed by atoms with Gasteiger partial charge in [-0.1, -0.05) is 17.7 Å². The van der Waals surface area contributed by atoms with Crippen molar-refractivity contribution in [3.63, 3.8) is 0 Å². The molecule has 0 bridgehead atoms. The number of allylic oxidation sites excluding steroid dienone is 3. The zero-order valence-electron chi connectivity index (χ0n) is 7.93. The molecule has 1 N–H and O–H groups in total. The highest BCUT2D eigenvalue weighted by Crippen LogP contribution is 2.35. The Bertz CT molecular complexity index is 237. The lowest BCUT2D eigenvalue weighted by molar-refractivity contribution is 0.530. The summed E-state index contributed by atoms with van der Waals surface area (Å²) in [7, 11) is 0. The molecule has 1 saturated heterocycles. The first-order chi connectivity index (χ1) is 5.81. The average molecular weight is 163 g/mol. The van der Waals surface area contributed by atoms with Crippen LogP contribution in [0.5, 0.6) is 0 Å². The fourth-order valence-electron chi connectivity index (χ4n) is 2.26. The summed E-state index contributed by atoms with van der Waals surface area (Å²) in [6.07, 6.45) is 5.99. The highest BCUT2D eigenvalue weighted by Gasteiger charge is 2.31. The van der Waals surface area contributed by atoms with Crippen LogP contribution in [0.15, 0.2) is 23.3 Å². The average Bonchev–Trinajstić information content (AvgIpc) is 2.60. The Morgan fingerprint density at radius 3 is 3.08 bits per heavy atom. The van der Waals surface area contributed by atoms with Crippen molar-refractivity contribution < 1.29 is 0 Å². The Balaban J connectivity index is 2.12. The van der Waals surface area contributed by atoms with Crippen molar-refractivity contribution in [2.24, 2.45) is 11.8 Å². The van der Waals surface area contributed by atoms with E-state index in [2.05, 4.69) is 31.3 Å². The van der Waals surface area contributed by atoms with Gasteiger partial charge in [0.25, 0.3) is 0 Å². The first-order valence-electron chi connectivity index (χ1n) is 4.86. The van der Waals surface area contributed by atoms with Crippen molar-refractivity contribution in [1.82, 2.24) is 5.32 Å². The third-order valence-corrected chi connectivity index (χ3v) is 3.23. The molecule has 1 heteroatoms. The smallest absolute Gasteiger partial charge is 0.00178 e.